The van der Waals surface area contributed by atoms with Gasteiger partial charge in [-0.05, 0) is 45.4 Å². The van der Waals surface area contributed by atoms with Gasteiger partial charge in [0.25, 0.3) is 0 Å². The monoisotopic (exact) mass is 277 g/mol. The fraction of sp³-hybridized carbons (Fsp3) is 0.706. The van der Waals surface area contributed by atoms with E-state index < -0.39 is 0 Å². The summed E-state index contributed by atoms with van der Waals surface area (Å²) in [6, 6.07) is 4.89. The molecule has 0 unspecified atom stereocenters. The largest absolute Gasteiger partial charge is 0.354 e. The number of nitrogens with one attached hydrogen (secondary N) is 1. The number of aromatic nitrogens is 1. The van der Waals surface area contributed by atoms with Crippen molar-refractivity contribution >= 4 is 5.82 Å². The molecule has 0 radical (unpaired) electrons. The Morgan fingerprint density at radius 1 is 1.20 bits per heavy atom. The molecule has 3 heteroatoms. The minimum absolute atomic E-state index is 0.498. The van der Waals surface area contributed by atoms with Crippen LogP contribution in [-0.4, -0.2) is 24.1 Å². The molecule has 1 aromatic rings. The van der Waals surface area contributed by atoms with Crippen molar-refractivity contribution in [3.8, 4) is 0 Å². The van der Waals surface area contributed by atoms with E-state index in [-0.39, 0.29) is 0 Å². The second kappa shape index (κ2) is 8.96. The lowest BCUT2D eigenvalue weighted by atomic mass is 10.1. The Kier molecular flexibility index (Phi) is 7.60. The second-order valence-corrected chi connectivity index (χ2v) is 5.69. The molecule has 3 nitrogen and oxygen atoms in total. The van der Waals surface area contributed by atoms with Crippen LogP contribution in [0.15, 0.2) is 12.1 Å². The SMILES string of the molecule is CCCCCN(c1ccc(CNCC)c(C)n1)C(C)C. The molecule has 20 heavy (non-hydrogen) atoms. The van der Waals surface area contributed by atoms with Crippen LogP contribution in [0.5, 0.6) is 0 Å². The number of rotatable bonds is 9. The topological polar surface area (TPSA) is 28.2 Å². The first-order valence-electron chi connectivity index (χ1n) is 8.04. The second-order valence-electron chi connectivity index (χ2n) is 5.69. The van der Waals surface area contributed by atoms with Gasteiger partial charge in [-0.1, -0.05) is 32.8 Å². The molecule has 0 aromatic carbocycles. The molecule has 0 fully saturated rings. The summed E-state index contributed by atoms with van der Waals surface area (Å²) in [5.74, 6) is 1.12. The van der Waals surface area contributed by atoms with E-state index in [1.165, 1.54) is 24.8 Å². The van der Waals surface area contributed by atoms with E-state index in [1.54, 1.807) is 0 Å². The molecule has 0 spiro atoms. The molecule has 0 saturated heterocycles. The summed E-state index contributed by atoms with van der Waals surface area (Å²) < 4.78 is 0. The standard InChI is InChI=1S/C17H31N3/c1-6-8-9-12-20(14(3)4)17-11-10-16(13-18-7-2)15(5)19-17/h10-11,14,18H,6-9,12-13H2,1-5H3. The molecule has 0 aliphatic heterocycles. The number of anilines is 1. The molecule has 0 atom stereocenters. The first-order chi connectivity index (χ1) is 9.60. The van der Waals surface area contributed by atoms with Crippen molar-refractivity contribution in [3.63, 3.8) is 0 Å². The molecule has 1 aromatic heterocycles. The van der Waals surface area contributed by atoms with Crippen molar-refractivity contribution in [2.24, 2.45) is 0 Å². The Hall–Kier alpha value is -1.09. The van der Waals surface area contributed by atoms with Crippen LogP contribution in [0.3, 0.4) is 0 Å². The van der Waals surface area contributed by atoms with Gasteiger partial charge in [-0.25, -0.2) is 4.98 Å². The van der Waals surface area contributed by atoms with Crippen molar-refractivity contribution in [1.82, 2.24) is 10.3 Å². The van der Waals surface area contributed by atoms with Gasteiger partial charge in [0.05, 0.1) is 0 Å². The molecule has 1 N–H and O–H groups in total. The highest BCUT2D eigenvalue weighted by atomic mass is 15.2. The number of nitrogens with zero attached hydrogens (tertiary/aromatic N) is 2. The van der Waals surface area contributed by atoms with Crippen LogP contribution in [0.2, 0.25) is 0 Å². The van der Waals surface area contributed by atoms with Crippen LogP contribution in [-0.2, 0) is 6.54 Å². The summed E-state index contributed by atoms with van der Waals surface area (Å²) >= 11 is 0. The van der Waals surface area contributed by atoms with Crippen molar-refractivity contribution in [3.05, 3.63) is 23.4 Å². The zero-order valence-corrected chi connectivity index (χ0v) is 13.9. The minimum Gasteiger partial charge on any atom is -0.354 e. The van der Waals surface area contributed by atoms with Crippen molar-refractivity contribution in [1.29, 1.82) is 0 Å². The van der Waals surface area contributed by atoms with Crippen LogP contribution in [0.25, 0.3) is 0 Å². The maximum atomic E-state index is 4.81. The molecule has 1 heterocycles. The van der Waals surface area contributed by atoms with Crippen molar-refractivity contribution < 1.29 is 0 Å². The summed E-state index contributed by atoms with van der Waals surface area (Å²) in [6.45, 7) is 14.0. The van der Waals surface area contributed by atoms with Crippen LogP contribution in [0.1, 0.15) is 58.2 Å². The number of hydrogen-bond acceptors (Lipinski definition) is 3. The van der Waals surface area contributed by atoms with E-state index in [1.807, 2.05) is 0 Å². The highest BCUT2D eigenvalue weighted by Gasteiger charge is 2.12. The third-order valence-corrected chi connectivity index (χ3v) is 3.67. The molecule has 0 amide bonds. The summed E-state index contributed by atoms with van der Waals surface area (Å²) in [4.78, 5) is 7.23. The number of aryl methyl sites for hydroxylation is 1. The lowest BCUT2D eigenvalue weighted by molar-refractivity contribution is 0.618. The maximum Gasteiger partial charge on any atom is 0.129 e. The van der Waals surface area contributed by atoms with Crippen LogP contribution in [0.4, 0.5) is 5.82 Å². The lowest BCUT2D eigenvalue weighted by Gasteiger charge is -2.28. The third-order valence-electron chi connectivity index (χ3n) is 3.67. The molecular weight excluding hydrogens is 246 g/mol. The van der Waals surface area contributed by atoms with E-state index in [0.29, 0.717) is 6.04 Å². The Labute approximate surface area is 124 Å². The van der Waals surface area contributed by atoms with Gasteiger partial charge in [0.2, 0.25) is 0 Å². The molecule has 114 valence electrons. The summed E-state index contributed by atoms with van der Waals surface area (Å²) in [7, 11) is 0. The Morgan fingerprint density at radius 2 is 1.95 bits per heavy atom. The van der Waals surface area contributed by atoms with E-state index in [0.717, 1.165) is 31.1 Å². The van der Waals surface area contributed by atoms with Crippen LogP contribution < -0.4 is 10.2 Å². The van der Waals surface area contributed by atoms with E-state index in [2.05, 4.69) is 57.0 Å². The molecule has 1 rings (SSSR count). The quantitative estimate of drug-likeness (QED) is 0.694. The molecule has 0 bridgehead atoms. The minimum atomic E-state index is 0.498. The lowest BCUT2D eigenvalue weighted by Crippen LogP contribution is -2.32. The first-order valence-corrected chi connectivity index (χ1v) is 8.04. The number of pyridine rings is 1. The first kappa shape index (κ1) is 17.0. The predicted molar refractivity (Wildman–Crippen MR) is 88.4 cm³/mol. The Balaban J connectivity index is 2.78. The van der Waals surface area contributed by atoms with Crippen LogP contribution >= 0.6 is 0 Å². The van der Waals surface area contributed by atoms with Gasteiger partial charge >= 0.3 is 0 Å². The Bertz CT molecular complexity index is 388. The molecular formula is C17H31N3. The molecule has 0 aliphatic carbocycles. The van der Waals surface area contributed by atoms with E-state index >= 15 is 0 Å². The van der Waals surface area contributed by atoms with Gasteiger partial charge in [0.15, 0.2) is 0 Å². The normalized spacial score (nSPS) is 11.1. The summed E-state index contributed by atoms with van der Waals surface area (Å²) in [5, 5.41) is 3.37. The number of unbranched alkanes of at least 4 members (excludes halogenated alkanes) is 2. The van der Waals surface area contributed by atoms with Crippen molar-refractivity contribution in [2.75, 3.05) is 18.0 Å². The fourth-order valence-corrected chi connectivity index (χ4v) is 2.35. The zero-order valence-electron chi connectivity index (χ0n) is 13.9. The van der Waals surface area contributed by atoms with E-state index in [9.17, 15) is 0 Å². The number of hydrogen-bond donors (Lipinski definition) is 1. The van der Waals surface area contributed by atoms with Gasteiger partial charge in [0.1, 0.15) is 5.82 Å². The average molecular weight is 277 g/mol. The van der Waals surface area contributed by atoms with Gasteiger partial charge in [-0.15, -0.1) is 0 Å². The smallest absolute Gasteiger partial charge is 0.129 e. The van der Waals surface area contributed by atoms with Gasteiger partial charge in [-0.3, -0.25) is 0 Å². The van der Waals surface area contributed by atoms with E-state index in [4.69, 9.17) is 4.98 Å². The summed E-state index contributed by atoms with van der Waals surface area (Å²) in [5.41, 5.74) is 2.44. The highest BCUT2D eigenvalue weighted by Crippen LogP contribution is 2.18. The average Bonchev–Trinajstić information content (AvgIpc) is 2.42. The third kappa shape index (κ3) is 5.12. The molecule has 0 aliphatic rings. The van der Waals surface area contributed by atoms with Crippen molar-refractivity contribution in [2.45, 2.75) is 66.5 Å². The summed E-state index contributed by atoms with van der Waals surface area (Å²) in [6.07, 6.45) is 3.80. The molecule has 0 saturated carbocycles. The predicted octanol–water partition coefficient (Wildman–Crippen LogP) is 3.90. The fourth-order valence-electron chi connectivity index (χ4n) is 2.35. The highest BCUT2D eigenvalue weighted by molar-refractivity contribution is 5.42. The maximum absolute atomic E-state index is 4.81. The zero-order chi connectivity index (χ0) is 15.0. The van der Waals surface area contributed by atoms with Crippen LogP contribution in [0, 0.1) is 6.92 Å². The van der Waals surface area contributed by atoms with Gasteiger partial charge in [-0.2, -0.15) is 0 Å². The van der Waals surface area contributed by atoms with Gasteiger partial charge in [0, 0.05) is 24.8 Å². The Morgan fingerprint density at radius 3 is 2.50 bits per heavy atom. The van der Waals surface area contributed by atoms with Gasteiger partial charge < -0.3 is 10.2 Å².